The van der Waals surface area contributed by atoms with Gasteiger partial charge in [0.15, 0.2) is 5.76 Å². The second-order valence-corrected chi connectivity index (χ2v) is 8.19. The van der Waals surface area contributed by atoms with Crippen LogP contribution in [0.5, 0.6) is 0 Å². The molecule has 0 aliphatic carbocycles. The second kappa shape index (κ2) is 8.43. The fourth-order valence-electron chi connectivity index (χ4n) is 4.32. The quantitative estimate of drug-likeness (QED) is 0.259. The molecule has 0 fully saturated rings. The van der Waals surface area contributed by atoms with Gasteiger partial charge in [0.05, 0.1) is 6.21 Å². The highest BCUT2D eigenvalue weighted by molar-refractivity contribution is 6.08. The summed E-state index contributed by atoms with van der Waals surface area (Å²) in [5, 5.41) is 7.27. The van der Waals surface area contributed by atoms with Gasteiger partial charge in [-0.05, 0) is 66.9 Å². The Morgan fingerprint density at radius 3 is 2.58 bits per heavy atom. The summed E-state index contributed by atoms with van der Waals surface area (Å²) in [6, 6.07) is 24.3. The number of furan rings is 1. The van der Waals surface area contributed by atoms with Crippen molar-refractivity contribution in [3.8, 4) is 5.69 Å². The van der Waals surface area contributed by atoms with E-state index < -0.39 is 0 Å². The summed E-state index contributed by atoms with van der Waals surface area (Å²) in [7, 11) is 0. The molecule has 5 aromatic rings. The number of hydrogen-bond acceptors (Lipinski definition) is 3. The van der Waals surface area contributed by atoms with Crippen LogP contribution in [0.3, 0.4) is 0 Å². The molecular weight excluding hydrogens is 410 g/mol. The highest BCUT2D eigenvalue weighted by Gasteiger charge is 2.14. The minimum atomic E-state index is -0.379. The van der Waals surface area contributed by atoms with Crippen molar-refractivity contribution >= 4 is 33.9 Å². The molecule has 1 amide bonds. The van der Waals surface area contributed by atoms with E-state index in [2.05, 4.69) is 59.3 Å². The molecule has 5 nitrogen and oxygen atoms in total. The molecule has 0 saturated heterocycles. The zero-order valence-corrected chi connectivity index (χ0v) is 18.9. The van der Waals surface area contributed by atoms with Gasteiger partial charge in [0.25, 0.3) is 0 Å². The first-order valence-electron chi connectivity index (χ1n) is 11.1. The summed E-state index contributed by atoms with van der Waals surface area (Å²) in [5.74, 6) is -0.143. The molecule has 1 N–H and O–H groups in total. The molecule has 0 radical (unpaired) electrons. The van der Waals surface area contributed by atoms with Crippen LogP contribution in [0.1, 0.15) is 40.0 Å². The van der Waals surface area contributed by atoms with Crippen molar-refractivity contribution in [3.63, 3.8) is 0 Å². The maximum absolute atomic E-state index is 12.7. The van der Waals surface area contributed by atoms with Crippen molar-refractivity contribution < 1.29 is 9.21 Å². The lowest BCUT2D eigenvalue weighted by atomic mass is 10.1. The second-order valence-electron chi connectivity index (χ2n) is 8.19. The first kappa shape index (κ1) is 20.8. The van der Waals surface area contributed by atoms with Gasteiger partial charge < -0.3 is 8.98 Å². The molecule has 5 rings (SSSR count). The Bertz CT molecular complexity index is 1500. The number of rotatable bonds is 5. The molecule has 33 heavy (non-hydrogen) atoms. The average Bonchev–Trinajstić information content (AvgIpc) is 3.40. The van der Waals surface area contributed by atoms with Gasteiger partial charge in [0, 0.05) is 28.0 Å². The minimum absolute atomic E-state index is 0.236. The lowest BCUT2D eigenvalue weighted by Gasteiger charge is -2.10. The summed E-state index contributed by atoms with van der Waals surface area (Å²) < 4.78 is 7.96. The molecule has 0 aliphatic rings. The van der Waals surface area contributed by atoms with Crippen molar-refractivity contribution in [2.45, 2.75) is 27.2 Å². The van der Waals surface area contributed by atoms with Crippen LogP contribution in [0.4, 0.5) is 0 Å². The molecule has 0 saturated carbocycles. The maximum atomic E-state index is 12.7. The van der Waals surface area contributed by atoms with Crippen molar-refractivity contribution in [3.05, 3.63) is 101 Å². The Kier molecular flexibility index (Phi) is 5.31. The fraction of sp³-hybridized carbons (Fsp3) is 0.143. The number of hydrazone groups is 1. The summed E-state index contributed by atoms with van der Waals surface area (Å²) in [6.07, 6.45) is 2.69. The standard InChI is InChI=1S/C28H25N3O2/c1-4-20-9-12-23(13-10-20)31-18(2)15-22(19(31)3)17-29-30-28(32)27-16-25-24-8-6-5-7-21(24)11-14-26(25)33-27/h5-17H,4H2,1-3H3,(H,30,32)/b29-17+. The number of nitrogens with one attached hydrogen (secondary N) is 1. The third-order valence-electron chi connectivity index (χ3n) is 6.09. The van der Waals surface area contributed by atoms with Crippen molar-refractivity contribution in [2.75, 3.05) is 0 Å². The van der Waals surface area contributed by atoms with Crippen LogP contribution in [-0.4, -0.2) is 16.7 Å². The molecule has 0 atom stereocenters. The maximum Gasteiger partial charge on any atom is 0.307 e. The van der Waals surface area contributed by atoms with Crippen molar-refractivity contribution in [1.82, 2.24) is 9.99 Å². The van der Waals surface area contributed by atoms with E-state index in [1.165, 1.54) is 5.56 Å². The molecule has 3 aromatic carbocycles. The predicted molar refractivity (Wildman–Crippen MR) is 133 cm³/mol. The van der Waals surface area contributed by atoms with Gasteiger partial charge in [-0.2, -0.15) is 5.10 Å². The molecule has 0 unspecified atom stereocenters. The Labute approximate surface area is 192 Å². The normalized spacial score (nSPS) is 11.6. The zero-order valence-electron chi connectivity index (χ0n) is 18.9. The average molecular weight is 436 g/mol. The van der Waals surface area contributed by atoms with Crippen LogP contribution in [0.15, 0.2) is 82.3 Å². The van der Waals surface area contributed by atoms with E-state index in [1.807, 2.05) is 43.3 Å². The Morgan fingerprint density at radius 1 is 1.00 bits per heavy atom. The van der Waals surface area contributed by atoms with Gasteiger partial charge in [0.2, 0.25) is 0 Å². The monoisotopic (exact) mass is 435 g/mol. The first-order valence-corrected chi connectivity index (χ1v) is 11.1. The Morgan fingerprint density at radius 2 is 1.79 bits per heavy atom. The number of hydrogen-bond donors (Lipinski definition) is 1. The van der Waals surface area contributed by atoms with Crippen LogP contribution >= 0.6 is 0 Å². The largest absolute Gasteiger partial charge is 0.451 e. The number of amides is 1. The SMILES string of the molecule is CCc1ccc(-n2c(C)cc(/C=N/NC(=O)c3cc4c(ccc5ccccc54)o3)c2C)cc1. The molecule has 2 aromatic heterocycles. The summed E-state index contributed by atoms with van der Waals surface area (Å²) in [6.45, 7) is 6.27. The van der Waals surface area contributed by atoms with Crippen LogP contribution in [0.25, 0.3) is 27.4 Å². The molecule has 0 spiro atoms. The van der Waals surface area contributed by atoms with E-state index in [1.54, 1.807) is 12.3 Å². The topological polar surface area (TPSA) is 59.5 Å². The van der Waals surface area contributed by atoms with Crippen LogP contribution in [0, 0.1) is 13.8 Å². The first-order chi connectivity index (χ1) is 16.0. The lowest BCUT2D eigenvalue weighted by molar-refractivity contribution is 0.0929. The molecule has 2 heterocycles. The smallest absolute Gasteiger partial charge is 0.307 e. The van der Waals surface area contributed by atoms with Gasteiger partial charge in [-0.3, -0.25) is 4.79 Å². The third kappa shape index (κ3) is 3.82. The number of nitrogens with zero attached hydrogens (tertiary/aromatic N) is 2. The summed E-state index contributed by atoms with van der Waals surface area (Å²) >= 11 is 0. The molecule has 0 aliphatic heterocycles. The number of fused-ring (bicyclic) bond motifs is 3. The van der Waals surface area contributed by atoms with E-state index >= 15 is 0 Å². The molecular formula is C28H25N3O2. The fourth-order valence-corrected chi connectivity index (χ4v) is 4.32. The number of benzene rings is 3. The predicted octanol–water partition coefficient (Wildman–Crippen LogP) is 6.32. The van der Waals surface area contributed by atoms with Gasteiger partial charge in [-0.25, -0.2) is 5.43 Å². The number of carbonyl (C=O) groups is 1. The number of aromatic nitrogens is 1. The summed E-state index contributed by atoms with van der Waals surface area (Å²) in [5.41, 5.74) is 8.81. The van der Waals surface area contributed by atoms with E-state index in [0.717, 1.165) is 45.2 Å². The van der Waals surface area contributed by atoms with Gasteiger partial charge in [-0.1, -0.05) is 49.4 Å². The van der Waals surface area contributed by atoms with Crippen LogP contribution < -0.4 is 5.43 Å². The molecule has 5 heteroatoms. The van der Waals surface area contributed by atoms with Crippen molar-refractivity contribution in [1.29, 1.82) is 0 Å². The van der Waals surface area contributed by atoms with Crippen LogP contribution in [0.2, 0.25) is 0 Å². The van der Waals surface area contributed by atoms with E-state index in [9.17, 15) is 4.79 Å². The molecule has 164 valence electrons. The number of carbonyl (C=O) groups excluding carboxylic acids is 1. The van der Waals surface area contributed by atoms with Gasteiger partial charge in [-0.15, -0.1) is 0 Å². The van der Waals surface area contributed by atoms with E-state index in [4.69, 9.17) is 4.42 Å². The molecule has 0 bridgehead atoms. The Balaban J connectivity index is 1.36. The third-order valence-corrected chi connectivity index (χ3v) is 6.09. The highest BCUT2D eigenvalue weighted by Crippen LogP contribution is 2.28. The number of aryl methyl sites for hydroxylation is 2. The highest BCUT2D eigenvalue weighted by atomic mass is 16.3. The summed E-state index contributed by atoms with van der Waals surface area (Å²) in [4.78, 5) is 12.7. The van der Waals surface area contributed by atoms with Gasteiger partial charge >= 0.3 is 5.91 Å². The van der Waals surface area contributed by atoms with E-state index in [0.29, 0.717) is 5.58 Å². The zero-order chi connectivity index (χ0) is 22.9. The van der Waals surface area contributed by atoms with Gasteiger partial charge in [0.1, 0.15) is 5.58 Å². The lowest BCUT2D eigenvalue weighted by Crippen LogP contribution is -2.16. The van der Waals surface area contributed by atoms with E-state index in [-0.39, 0.29) is 11.7 Å². The Hall–Kier alpha value is -4.12. The minimum Gasteiger partial charge on any atom is -0.451 e. The van der Waals surface area contributed by atoms with Crippen LogP contribution in [-0.2, 0) is 6.42 Å². The van der Waals surface area contributed by atoms with Crippen molar-refractivity contribution in [2.24, 2.45) is 5.10 Å².